The molecular formula is C31H34N4O8. The van der Waals surface area contributed by atoms with Crippen molar-refractivity contribution >= 4 is 23.6 Å². The van der Waals surface area contributed by atoms with Crippen molar-refractivity contribution in [2.75, 3.05) is 52.7 Å². The lowest BCUT2D eigenvalue weighted by Gasteiger charge is -2.29. The fourth-order valence-electron chi connectivity index (χ4n) is 4.90. The fraction of sp³-hybridized carbons (Fsp3) is 0.355. The van der Waals surface area contributed by atoms with Crippen molar-refractivity contribution in [1.29, 1.82) is 0 Å². The smallest absolute Gasteiger partial charge is 0.269 e. The van der Waals surface area contributed by atoms with Gasteiger partial charge >= 0.3 is 0 Å². The minimum absolute atomic E-state index is 0.0297. The number of fused-ring (bicyclic) bond motifs is 1. The van der Waals surface area contributed by atoms with Gasteiger partial charge in [-0.05, 0) is 60.0 Å². The van der Waals surface area contributed by atoms with E-state index in [2.05, 4.69) is 4.90 Å². The van der Waals surface area contributed by atoms with Gasteiger partial charge in [0.05, 0.1) is 30.9 Å². The summed E-state index contributed by atoms with van der Waals surface area (Å²) in [5.74, 6) is 1.34. The number of furan rings is 1. The van der Waals surface area contributed by atoms with Gasteiger partial charge in [0.1, 0.15) is 12.3 Å². The average Bonchev–Trinajstić information content (AvgIpc) is 3.72. The molecule has 0 atom stereocenters. The van der Waals surface area contributed by atoms with E-state index in [4.69, 9.17) is 18.6 Å². The summed E-state index contributed by atoms with van der Waals surface area (Å²) in [5, 5.41) is 11.0. The summed E-state index contributed by atoms with van der Waals surface area (Å²) in [6.45, 7) is 4.73. The summed E-state index contributed by atoms with van der Waals surface area (Å²) in [7, 11) is 0. The Kier molecular flexibility index (Phi) is 10.0. The molecule has 0 N–H and O–H groups in total. The Labute approximate surface area is 249 Å². The molecule has 1 saturated heterocycles. The highest BCUT2D eigenvalue weighted by molar-refractivity contribution is 5.94. The molecule has 0 radical (unpaired) electrons. The Bertz CT molecular complexity index is 1420. The lowest BCUT2D eigenvalue weighted by atomic mass is 10.1. The van der Waals surface area contributed by atoms with Crippen LogP contribution in [0.2, 0.25) is 0 Å². The highest BCUT2D eigenvalue weighted by atomic mass is 16.7. The number of nitro groups is 1. The van der Waals surface area contributed by atoms with Gasteiger partial charge in [-0.1, -0.05) is 6.07 Å². The number of hydrogen-bond acceptors (Lipinski definition) is 9. The number of amides is 2. The zero-order valence-electron chi connectivity index (χ0n) is 23.8. The summed E-state index contributed by atoms with van der Waals surface area (Å²) in [4.78, 5) is 43.2. The molecule has 226 valence electrons. The molecule has 3 heterocycles. The molecular weight excluding hydrogens is 556 g/mol. The molecule has 12 nitrogen and oxygen atoms in total. The van der Waals surface area contributed by atoms with Gasteiger partial charge in [0.2, 0.25) is 18.6 Å². The second kappa shape index (κ2) is 14.5. The van der Waals surface area contributed by atoms with Crippen molar-refractivity contribution in [2.24, 2.45) is 0 Å². The number of morpholine rings is 1. The van der Waals surface area contributed by atoms with Crippen molar-refractivity contribution in [2.45, 2.75) is 19.5 Å². The lowest BCUT2D eigenvalue weighted by molar-refractivity contribution is -0.384. The molecule has 0 saturated carbocycles. The van der Waals surface area contributed by atoms with E-state index in [-0.39, 0.29) is 43.9 Å². The first-order chi connectivity index (χ1) is 20.9. The quantitative estimate of drug-likeness (QED) is 0.166. The second-order valence-corrected chi connectivity index (χ2v) is 10.3. The van der Waals surface area contributed by atoms with Crippen LogP contribution in [0.3, 0.4) is 0 Å². The third-order valence-corrected chi connectivity index (χ3v) is 7.26. The number of ether oxygens (including phenoxy) is 3. The summed E-state index contributed by atoms with van der Waals surface area (Å²) < 4.78 is 21.9. The van der Waals surface area contributed by atoms with Crippen LogP contribution in [0.25, 0.3) is 6.08 Å². The highest BCUT2D eigenvalue weighted by Gasteiger charge is 2.23. The number of carbonyl (C=O) groups excluding carboxylic acids is 2. The number of non-ortho nitro benzene ring substituents is 1. The van der Waals surface area contributed by atoms with Gasteiger partial charge in [0.15, 0.2) is 11.5 Å². The molecule has 43 heavy (non-hydrogen) atoms. The summed E-state index contributed by atoms with van der Waals surface area (Å²) >= 11 is 0. The van der Waals surface area contributed by atoms with Gasteiger partial charge < -0.3 is 28.4 Å². The molecule has 2 aliphatic rings. The molecule has 2 aromatic carbocycles. The maximum atomic E-state index is 13.8. The van der Waals surface area contributed by atoms with E-state index in [1.54, 1.807) is 46.4 Å². The Morgan fingerprint density at radius 3 is 2.51 bits per heavy atom. The van der Waals surface area contributed by atoms with E-state index < -0.39 is 4.92 Å². The normalized spacial score (nSPS) is 14.6. The third kappa shape index (κ3) is 8.43. The first-order valence-corrected chi connectivity index (χ1v) is 14.1. The molecule has 3 aromatic rings. The molecule has 0 unspecified atom stereocenters. The largest absolute Gasteiger partial charge is 0.467 e. The number of carbonyl (C=O) groups is 2. The van der Waals surface area contributed by atoms with Crippen molar-refractivity contribution < 1.29 is 33.1 Å². The highest BCUT2D eigenvalue weighted by Crippen LogP contribution is 2.33. The van der Waals surface area contributed by atoms with Crippen LogP contribution >= 0.6 is 0 Å². The number of benzene rings is 2. The van der Waals surface area contributed by atoms with Crippen LogP contribution in [-0.4, -0.2) is 84.2 Å². The molecule has 0 spiro atoms. The molecule has 12 heteroatoms. The predicted octanol–water partition coefficient (Wildman–Crippen LogP) is 3.71. The fourth-order valence-corrected chi connectivity index (χ4v) is 4.90. The monoisotopic (exact) mass is 590 g/mol. The minimum atomic E-state index is -0.474. The van der Waals surface area contributed by atoms with Gasteiger partial charge in [-0.3, -0.25) is 24.6 Å². The topological polar surface area (TPSA) is 128 Å². The summed E-state index contributed by atoms with van der Waals surface area (Å²) in [6.07, 6.45) is 5.24. The van der Waals surface area contributed by atoms with E-state index in [9.17, 15) is 19.7 Å². The average molecular weight is 591 g/mol. The van der Waals surface area contributed by atoms with Crippen molar-refractivity contribution in [3.8, 4) is 11.5 Å². The molecule has 2 aliphatic heterocycles. The SMILES string of the molecule is O=C(/C=C/c1ccc([N+](=O)[O-])cc1)N(CCCN1CCOCC1)CC(=O)N(Cc1ccc2c(c1)OCO2)Cc1ccco1. The van der Waals surface area contributed by atoms with Crippen molar-refractivity contribution in [3.05, 3.63) is 93.9 Å². The molecule has 0 bridgehead atoms. The maximum absolute atomic E-state index is 13.8. The minimum Gasteiger partial charge on any atom is -0.467 e. The molecule has 5 rings (SSSR count). The van der Waals surface area contributed by atoms with Crippen LogP contribution < -0.4 is 9.47 Å². The van der Waals surface area contributed by atoms with Gasteiger partial charge in [-0.15, -0.1) is 0 Å². The standard InChI is InChI=1S/C31H34N4O8/c36-30(11-7-24-4-8-26(9-5-24)35(38)39)33(13-2-12-32-14-17-40-18-15-32)22-31(37)34(21-27-3-1-16-41-27)20-25-6-10-28-29(19-25)43-23-42-28/h1,3-11,16,19H,2,12-15,17-18,20-23H2/b11-7+. The number of nitro benzene ring substituents is 1. The van der Waals surface area contributed by atoms with Crippen molar-refractivity contribution in [1.82, 2.24) is 14.7 Å². The van der Waals surface area contributed by atoms with Crippen LogP contribution in [0, 0.1) is 10.1 Å². The van der Waals surface area contributed by atoms with E-state index in [1.165, 1.54) is 18.2 Å². The first-order valence-electron chi connectivity index (χ1n) is 14.1. The zero-order chi connectivity index (χ0) is 30.0. The number of rotatable bonds is 13. The molecule has 0 aliphatic carbocycles. The van der Waals surface area contributed by atoms with Gasteiger partial charge in [-0.25, -0.2) is 0 Å². The van der Waals surface area contributed by atoms with Crippen LogP contribution in [0.5, 0.6) is 11.5 Å². The van der Waals surface area contributed by atoms with Crippen molar-refractivity contribution in [3.63, 3.8) is 0 Å². The Balaban J connectivity index is 1.30. The van der Waals surface area contributed by atoms with E-state index in [0.29, 0.717) is 49.0 Å². The van der Waals surface area contributed by atoms with Crippen LogP contribution in [-0.2, 0) is 27.4 Å². The maximum Gasteiger partial charge on any atom is 0.269 e. The third-order valence-electron chi connectivity index (χ3n) is 7.26. The van der Waals surface area contributed by atoms with E-state index in [1.807, 2.05) is 18.2 Å². The van der Waals surface area contributed by atoms with E-state index >= 15 is 0 Å². The van der Waals surface area contributed by atoms with Crippen LogP contribution in [0.1, 0.15) is 23.3 Å². The Morgan fingerprint density at radius 1 is 0.977 bits per heavy atom. The number of nitrogens with zero attached hydrogens (tertiary/aromatic N) is 4. The zero-order valence-corrected chi connectivity index (χ0v) is 23.8. The summed E-state index contributed by atoms with van der Waals surface area (Å²) in [6, 6.07) is 15.0. The molecule has 1 aromatic heterocycles. The lowest BCUT2D eigenvalue weighted by Crippen LogP contribution is -2.43. The molecule has 1 fully saturated rings. The Hall–Kier alpha value is -4.68. The number of hydrogen-bond donors (Lipinski definition) is 0. The van der Waals surface area contributed by atoms with Gasteiger partial charge in [0.25, 0.3) is 5.69 Å². The first kappa shape index (κ1) is 29.8. The van der Waals surface area contributed by atoms with Gasteiger partial charge in [0, 0.05) is 50.9 Å². The van der Waals surface area contributed by atoms with Gasteiger partial charge in [-0.2, -0.15) is 0 Å². The van der Waals surface area contributed by atoms with E-state index in [0.717, 1.165) is 25.2 Å². The Morgan fingerprint density at radius 2 is 1.77 bits per heavy atom. The summed E-state index contributed by atoms with van der Waals surface area (Å²) in [5.41, 5.74) is 1.46. The second-order valence-electron chi connectivity index (χ2n) is 10.3. The molecule has 2 amide bonds. The van der Waals surface area contributed by atoms with Crippen LogP contribution in [0.4, 0.5) is 5.69 Å². The van der Waals surface area contributed by atoms with Crippen LogP contribution in [0.15, 0.2) is 71.4 Å². The predicted molar refractivity (Wildman–Crippen MR) is 156 cm³/mol.